The summed E-state index contributed by atoms with van der Waals surface area (Å²) in [6.07, 6.45) is -0.424. The molecule has 0 saturated heterocycles. The van der Waals surface area contributed by atoms with Crippen molar-refractivity contribution in [2.24, 2.45) is 5.73 Å². The molecule has 0 saturated carbocycles. The molecular weight excluding hydrogens is 236 g/mol. The van der Waals surface area contributed by atoms with Gasteiger partial charge in [0.15, 0.2) is 5.66 Å². The van der Waals surface area contributed by atoms with Crippen molar-refractivity contribution in [2.45, 2.75) is 12.1 Å². The van der Waals surface area contributed by atoms with E-state index in [9.17, 15) is 9.36 Å². The van der Waals surface area contributed by atoms with Gasteiger partial charge in [-0.15, -0.1) is 0 Å². The van der Waals surface area contributed by atoms with E-state index in [1.807, 2.05) is 0 Å². The largest absolute Gasteiger partial charge is 0.479 e. The lowest BCUT2D eigenvalue weighted by Gasteiger charge is -2.14. The van der Waals surface area contributed by atoms with Crippen molar-refractivity contribution in [3.8, 4) is 0 Å². The summed E-state index contributed by atoms with van der Waals surface area (Å²) in [5.74, 6) is 0. The van der Waals surface area contributed by atoms with Gasteiger partial charge in [-0.1, -0.05) is 0 Å². The minimum Gasteiger partial charge on any atom is -0.330 e. The Labute approximate surface area is 80.1 Å². The molecule has 0 aliphatic heterocycles. The number of carbonyl (C=O) groups is 1. The van der Waals surface area contributed by atoms with E-state index in [0.29, 0.717) is 0 Å². The predicted octanol–water partition coefficient (Wildman–Crippen LogP) is -1.85. The van der Waals surface area contributed by atoms with Crippen LogP contribution in [-0.2, 0) is 9.36 Å². The van der Waals surface area contributed by atoms with Gasteiger partial charge in [0.1, 0.15) is 0 Å². The summed E-state index contributed by atoms with van der Waals surface area (Å²) in [7, 11) is -9.70. The zero-order valence-corrected chi connectivity index (χ0v) is 8.80. The highest BCUT2D eigenvalue weighted by molar-refractivity contribution is 7.78. The Hall–Kier alpha value is 0.0900. The standard InChI is InChI=1S/C4H11NO7P2/c5-2-1-3(13(7,8)9)4(6)14(10,11)12/h3,10-12H,1-2,5H2,(H-,7,8,9)/p+1. The summed E-state index contributed by atoms with van der Waals surface area (Å²) in [4.78, 5) is 53.9. The van der Waals surface area contributed by atoms with Gasteiger partial charge in [0.25, 0.3) is 0 Å². The molecule has 8 nitrogen and oxygen atoms in total. The number of hydrogen-bond acceptors (Lipinski definition) is 6. The molecular formula is C4H12NO7P2+. The molecule has 84 valence electrons. The lowest BCUT2D eigenvalue weighted by molar-refractivity contribution is -0.114. The quantitative estimate of drug-likeness (QED) is 0.309. The lowest BCUT2D eigenvalue weighted by atomic mass is 10.3. The van der Waals surface area contributed by atoms with Gasteiger partial charge >= 0.3 is 21.1 Å². The monoisotopic (exact) mass is 248 g/mol. The topological polar surface area (TPSA) is 161 Å². The van der Waals surface area contributed by atoms with E-state index in [0.717, 1.165) is 0 Å². The van der Waals surface area contributed by atoms with Crippen molar-refractivity contribution >= 4 is 21.1 Å². The van der Waals surface area contributed by atoms with Crippen LogP contribution in [0.25, 0.3) is 0 Å². The molecule has 1 unspecified atom stereocenters. The van der Waals surface area contributed by atoms with Crippen LogP contribution in [0.3, 0.4) is 0 Å². The van der Waals surface area contributed by atoms with Crippen LogP contribution in [0, 0.1) is 0 Å². The van der Waals surface area contributed by atoms with Gasteiger partial charge in [-0.25, -0.2) is 4.79 Å². The maximum atomic E-state index is 11.0. The number of rotatable bonds is 5. The molecule has 0 aliphatic carbocycles. The van der Waals surface area contributed by atoms with Crippen molar-refractivity contribution in [3.05, 3.63) is 0 Å². The summed E-state index contributed by atoms with van der Waals surface area (Å²) in [5.41, 5.74) is 1.37. The summed E-state index contributed by atoms with van der Waals surface area (Å²) in [6.45, 7) is -0.221. The molecule has 0 bridgehead atoms. The van der Waals surface area contributed by atoms with E-state index in [-0.39, 0.29) is 6.54 Å². The Balaban J connectivity index is 4.86. The van der Waals surface area contributed by atoms with Crippen molar-refractivity contribution < 1.29 is 33.8 Å². The molecule has 0 amide bonds. The molecule has 0 fully saturated rings. The molecule has 0 aromatic rings. The second-order valence-corrected chi connectivity index (χ2v) is 5.97. The second-order valence-electron chi connectivity index (χ2n) is 2.59. The van der Waals surface area contributed by atoms with E-state index in [4.69, 9.17) is 30.2 Å². The van der Waals surface area contributed by atoms with E-state index in [2.05, 4.69) is 0 Å². The highest BCUT2D eigenvalue weighted by Crippen LogP contribution is 2.55. The van der Waals surface area contributed by atoms with Gasteiger partial charge in [0.2, 0.25) is 0 Å². The van der Waals surface area contributed by atoms with Crippen LogP contribution in [-0.4, -0.2) is 42.2 Å². The number of carbonyl (C=O) groups excluding carboxylic acids is 1. The van der Waals surface area contributed by atoms with Gasteiger partial charge in [-0.05, 0) is 13.0 Å². The van der Waals surface area contributed by atoms with Crippen molar-refractivity contribution in [1.82, 2.24) is 0 Å². The normalized spacial score (nSPS) is 15.3. The Morgan fingerprint density at radius 3 is 2.00 bits per heavy atom. The van der Waals surface area contributed by atoms with Crippen molar-refractivity contribution in [3.63, 3.8) is 0 Å². The average molecular weight is 248 g/mol. The lowest BCUT2D eigenvalue weighted by Crippen LogP contribution is -2.26. The van der Waals surface area contributed by atoms with Gasteiger partial charge in [-0.3, -0.25) is 4.57 Å². The van der Waals surface area contributed by atoms with E-state index < -0.39 is 33.1 Å². The van der Waals surface area contributed by atoms with Gasteiger partial charge in [0.05, 0.1) is 0 Å². The first-order valence-electron chi connectivity index (χ1n) is 3.47. The zero-order valence-electron chi connectivity index (χ0n) is 7.02. The highest BCUT2D eigenvalue weighted by atomic mass is 31.2. The molecule has 0 aromatic carbocycles. The smallest absolute Gasteiger partial charge is 0.330 e. The van der Waals surface area contributed by atoms with Crippen LogP contribution in [0.1, 0.15) is 6.42 Å². The predicted molar refractivity (Wildman–Crippen MR) is 48.1 cm³/mol. The van der Waals surface area contributed by atoms with Crippen molar-refractivity contribution in [2.75, 3.05) is 6.54 Å². The van der Waals surface area contributed by atoms with Crippen LogP contribution >= 0.6 is 15.5 Å². The van der Waals surface area contributed by atoms with E-state index in [1.54, 1.807) is 0 Å². The van der Waals surface area contributed by atoms with Crippen LogP contribution in [0.4, 0.5) is 0 Å². The van der Waals surface area contributed by atoms with E-state index in [1.165, 1.54) is 0 Å². The summed E-state index contributed by atoms with van der Waals surface area (Å²) < 4.78 is 10.7. The summed E-state index contributed by atoms with van der Waals surface area (Å²) in [5, 5.41) is 0. The summed E-state index contributed by atoms with van der Waals surface area (Å²) >= 11 is 0. The third-order valence-corrected chi connectivity index (χ3v) is 3.84. The molecule has 0 heterocycles. The van der Waals surface area contributed by atoms with Crippen molar-refractivity contribution in [1.29, 1.82) is 0 Å². The van der Waals surface area contributed by atoms with E-state index >= 15 is 0 Å². The molecule has 14 heavy (non-hydrogen) atoms. The Morgan fingerprint density at radius 2 is 1.79 bits per heavy atom. The van der Waals surface area contributed by atoms with Gasteiger partial charge in [-0.2, -0.15) is 14.7 Å². The first kappa shape index (κ1) is 14.1. The van der Waals surface area contributed by atoms with Crippen LogP contribution < -0.4 is 5.73 Å². The minimum atomic E-state index is -4.88. The molecule has 7 N–H and O–H groups in total. The van der Waals surface area contributed by atoms with Crippen LogP contribution in [0.5, 0.6) is 0 Å². The Morgan fingerprint density at radius 1 is 1.36 bits per heavy atom. The summed E-state index contributed by atoms with van der Waals surface area (Å²) in [6, 6.07) is 0. The Bertz CT molecular complexity index is 255. The fourth-order valence-corrected chi connectivity index (χ4v) is 3.01. The molecule has 1 atom stereocenters. The van der Waals surface area contributed by atoms with Gasteiger partial charge in [0, 0.05) is 0 Å². The third-order valence-electron chi connectivity index (χ3n) is 1.43. The van der Waals surface area contributed by atoms with Gasteiger partial charge < -0.3 is 15.5 Å². The Kier molecular flexibility index (Phi) is 4.77. The molecule has 0 aromatic heterocycles. The zero-order chi connectivity index (χ0) is 11.6. The third kappa shape index (κ3) is 4.08. The molecule has 10 heteroatoms. The average Bonchev–Trinajstić information content (AvgIpc) is 1.94. The first-order valence-corrected chi connectivity index (χ1v) is 6.80. The van der Waals surface area contributed by atoms with Crippen LogP contribution in [0.2, 0.25) is 0 Å². The molecule has 0 radical (unpaired) electrons. The minimum absolute atomic E-state index is 0.221. The van der Waals surface area contributed by atoms with Crippen LogP contribution in [0.15, 0.2) is 0 Å². The second kappa shape index (κ2) is 4.74. The number of hydrogen-bond donors (Lipinski definition) is 6. The highest BCUT2D eigenvalue weighted by Gasteiger charge is 2.53. The molecule has 0 aliphatic rings. The number of nitrogens with two attached hydrogens (primary N) is 1. The fraction of sp³-hybridized carbons (Fsp3) is 0.750. The SMILES string of the molecule is NCCC(C(=O)[P+](O)(O)O)P(=O)(O)O. The maximum Gasteiger partial charge on any atom is 0.479 e. The molecule has 0 rings (SSSR count). The molecule has 0 spiro atoms. The maximum absolute atomic E-state index is 11.0. The fourth-order valence-electron chi connectivity index (χ4n) is 0.793. The first-order chi connectivity index (χ1) is 6.10.